The van der Waals surface area contributed by atoms with Crippen molar-refractivity contribution in [3.63, 3.8) is 0 Å². The van der Waals surface area contributed by atoms with Gasteiger partial charge in [-0.1, -0.05) is 0 Å². The Balaban J connectivity index is 1.81. The van der Waals surface area contributed by atoms with E-state index in [1.165, 1.54) is 32.6 Å². The van der Waals surface area contributed by atoms with Crippen LogP contribution in [0.5, 0.6) is 0 Å². The normalized spacial score (nSPS) is 28.6. The van der Waals surface area contributed by atoms with E-state index in [-0.39, 0.29) is 5.92 Å². The molecule has 0 N–H and O–H groups in total. The summed E-state index contributed by atoms with van der Waals surface area (Å²) in [6, 6.07) is 2.31. The van der Waals surface area contributed by atoms with Crippen LogP contribution in [0, 0.1) is 22.7 Å². The fourth-order valence-electron chi connectivity index (χ4n) is 2.97. The predicted octanol–water partition coefficient (Wildman–Crippen LogP) is 0.784. The first-order valence-electron chi connectivity index (χ1n) is 5.44. The SMILES string of the molecule is CC(C#N)CN1CCC2(CN(C)C2)C1. The molecule has 2 heterocycles. The van der Waals surface area contributed by atoms with Gasteiger partial charge in [-0.3, -0.25) is 0 Å². The first-order valence-corrected chi connectivity index (χ1v) is 5.44. The summed E-state index contributed by atoms with van der Waals surface area (Å²) in [5, 5.41) is 8.75. The lowest BCUT2D eigenvalue weighted by Crippen LogP contribution is -2.55. The summed E-state index contributed by atoms with van der Waals surface area (Å²) >= 11 is 0. The van der Waals surface area contributed by atoms with Gasteiger partial charge in [0.15, 0.2) is 0 Å². The molecule has 3 heteroatoms. The van der Waals surface area contributed by atoms with E-state index in [1.54, 1.807) is 0 Å². The van der Waals surface area contributed by atoms with Gasteiger partial charge in [-0.15, -0.1) is 0 Å². The average molecular weight is 193 g/mol. The molecular formula is C11H19N3. The molecular weight excluding hydrogens is 174 g/mol. The van der Waals surface area contributed by atoms with Gasteiger partial charge < -0.3 is 9.80 Å². The molecule has 0 aromatic carbocycles. The van der Waals surface area contributed by atoms with E-state index in [4.69, 9.17) is 5.26 Å². The summed E-state index contributed by atoms with van der Waals surface area (Å²) in [4.78, 5) is 4.85. The van der Waals surface area contributed by atoms with Crippen molar-refractivity contribution in [2.45, 2.75) is 13.3 Å². The fourth-order valence-corrected chi connectivity index (χ4v) is 2.97. The second kappa shape index (κ2) is 3.52. The van der Waals surface area contributed by atoms with Gasteiger partial charge in [0, 0.05) is 31.6 Å². The maximum Gasteiger partial charge on any atom is 0.0666 e. The fraction of sp³-hybridized carbons (Fsp3) is 0.909. The van der Waals surface area contributed by atoms with Crippen molar-refractivity contribution in [2.75, 3.05) is 39.8 Å². The number of nitriles is 1. The molecule has 1 spiro atoms. The van der Waals surface area contributed by atoms with Gasteiger partial charge in [0.25, 0.3) is 0 Å². The minimum atomic E-state index is 0.183. The summed E-state index contributed by atoms with van der Waals surface area (Å²) in [5.74, 6) is 0.183. The topological polar surface area (TPSA) is 30.3 Å². The van der Waals surface area contributed by atoms with Gasteiger partial charge in [-0.2, -0.15) is 5.26 Å². The van der Waals surface area contributed by atoms with E-state index in [9.17, 15) is 0 Å². The smallest absolute Gasteiger partial charge is 0.0666 e. The Bertz CT molecular complexity index is 250. The van der Waals surface area contributed by atoms with E-state index < -0.39 is 0 Å². The third-order valence-corrected chi connectivity index (χ3v) is 3.48. The Hall–Kier alpha value is -0.590. The average Bonchev–Trinajstić information content (AvgIpc) is 2.48. The van der Waals surface area contributed by atoms with E-state index in [0.717, 1.165) is 6.54 Å². The van der Waals surface area contributed by atoms with Crippen LogP contribution in [0.4, 0.5) is 0 Å². The maximum absolute atomic E-state index is 8.75. The Kier molecular flexibility index (Phi) is 2.50. The zero-order valence-electron chi connectivity index (χ0n) is 9.16. The molecule has 0 aromatic heterocycles. The van der Waals surface area contributed by atoms with Crippen LogP contribution in [0.25, 0.3) is 0 Å². The highest BCUT2D eigenvalue weighted by Gasteiger charge is 2.45. The summed E-state index contributed by atoms with van der Waals surface area (Å²) in [6.07, 6.45) is 1.33. The Morgan fingerprint density at radius 1 is 1.43 bits per heavy atom. The molecule has 2 saturated heterocycles. The van der Waals surface area contributed by atoms with Crippen LogP contribution in [0.3, 0.4) is 0 Å². The van der Waals surface area contributed by atoms with Crippen LogP contribution >= 0.6 is 0 Å². The number of nitrogens with zero attached hydrogens (tertiary/aromatic N) is 3. The molecule has 0 amide bonds. The van der Waals surface area contributed by atoms with Gasteiger partial charge in [-0.05, 0) is 26.9 Å². The highest BCUT2D eigenvalue weighted by atomic mass is 15.3. The van der Waals surface area contributed by atoms with E-state index >= 15 is 0 Å². The van der Waals surface area contributed by atoms with Gasteiger partial charge in [0.2, 0.25) is 0 Å². The van der Waals surface area contributed by atoms with Crippen molar-refractivity contribution in [1.82, 2.24) is 9.80 Å². The van der Waals surface area contributed by atoms with Crippen LogP contribution in [0.2, 0.25) is 0 Å². The number of likely N-dealkylation sites (tertiary alicyclic amines) is 2. The molecule has 1 atom stereocenters. The first-order chi connectivity index (χ1) is 6.63. The Morgan fingerprint density at radius 2 is 2.14 bits per heavy atom. The Labute approximate surface area is 86.3 Å². The second-order valence-corrected chi connectivity index (χ2v) is 5.19. The molecule has 0 saturated carbocycles. The molecule has 2 aliphatic heterocycles. The Morgan fingerprint density at radius 3 is 2.71 bits per heavy atom. The highest BCUT2D eigenvalue weighted by Crippen LogP contribution is 2.38. The minimum Gasteiger partial charge on any atom is -0.305 e. The largest absolute Gasteiger partial charge is 0.305 e. The van der Waals surface area contributed by atoms with E-state index in [2.05, 4.69) is 22.9 Å². The van der Waals surface area contributed by atoms with Crippen molar-refractivity contribution in [3.8, 4) is 6.07 Å². The lowest BCUT2D eigenvalue weighted by molar-refractivity contribution is 0.0302. The minimum absolute atomic E-state index is 0.183. The summed E-state index contributed by atoms with van der Waals surface area (Å²) < 4.78 is 0. The van der Waals surface area contributed by atoms with Gasteiger partial charge >= 0.3 is 0 Å². The van der Waals surface area contributed by atoms with Crippen molar-refractivity contribution in [3.05, 3.63) is 0 Å². The number of hydrogen-bond donors (Lipinski definition) is 0. The summed E-state index contributed by atoms with van der Waals surface area (Å²) in [5.41, 5.74) is 0.587. The number of hydrogen-bond acceptors (Lipinski definition) is 3. The molecule has 2 aliphatic rings. The van der Waals surface area contributed by atoms with Crippen LogP contribution < -0.4 is 0 Å². The monoisotopic (exact) mass is 193 g/mol. The molecule has 0 aromatic rings. The van der Waals surface area contributed by atoms with Gasteiger partial charge in [0.1, 0.15) is 0 Å². The van der Waals surface area contributed by atoms with Crippen molar-refractivity contribution < 1.29 is 0 Å². The van der Waals surface area contributed by atoms with Gasteiger partial charge in [0.05, 0.1) is 12.0 Å². The van der Waals surface area contributed by atoms with Crippen LogP contribution in [-0.2, 0) is 0 Å². The lowest BCUT2D eigenvalue weighted by Gasteiger charge is -2.46. The zero-order valence-corrected chi connectivity index (χ0v) is 9.16. The molecule has 2 fully saturated rings. The third kappa shape index (κ3) is 1.77. The standard InChI is InChI=1S/C11H19N3/c1-10(5-12)6-14-4-3-11(9-14)7-13(2)8-11/h10H,3-4,6-9H2,1-2H3. The molecule has 14 heavy (non-hydrogen) atoms. The molecule has 3 nitrogen and oxygen atoms in total. The molecule has 1 unspecified atom stereocenters. The highest BCUT2D eigenvalue weighted by molar-refractivity contribution is 5.00. The first kappa shape index (κ1) is 9.95. The molecule has 78 valence electrons. The summed E-state index contributed by atoms with van der Waals surface area (Å²) in [6.45, 7) is 7.89. The van der Waals surface area contributed by atoms with Crippen molar-refractivity contribution >= 4 is 0 Å². The third-order valence-electron chi connectivity index (χ3n) is 3.48. The van der Waals surface area contributed by atoms with E-state index in [0.29, 0.717) is 5.41 Å². The zero-order chi connectivity index (χ0) is 10.2. The maximum atomic E-state index is 8.75. The number of rotatable bonds is 2. The van der Waals surface area contributed by atoms with Crippen molar-refractivity contribution in [1.29, 1.82) is 5.26 Å². The second-order valence-electron chi connectivity index (χ2n) is 5.19. The van der Waals surface area contributed by atoms with Gasteiger partial charge in [-0.25, -0.2) is 0 Å². The molecule has 0 aliphatic carbocycles. The van der Waals surface area contributed by atoms with E-state index in [1.807, 2.05) is 6.92 Å². The van der Waals surface area contributed by atoms with Crippen LogP contribution in [0.1, 0.15) is 13.3 Å². The van der Waals surface area contributed by atoms with Crippen molar-refractivity contribution in [2.24, 2.45) is 11.3 Å². The van der Waals surface area contributed by atoms with Crippen LogP contribution in [-0.4, -0.2) is 49.6 Å². The predicted molar refractivity (Wildman–Crippen MR) is 55.8 cm³/mol. The lowest BCUT2D eigenvalue weighted by atomic mass is 9.79. The van der Waals surface area contributed by atoms with Crippen LogP contribution in [0.15, 0.2) is 0 Å². The molecule has 0 radical (unpaired) electrons. The molecule has 2 rings (SSSR count). The quantitative estimate of drug-likeness (QED) is 0.649. The summed E-state index contributed by atoms with van der Waals surface area (Å²) in [7, 11) is 2.19. The molecule has 0 bridgehead atoms.